The Balaban J connectivity index is 2.98. The highest BCUT2D eigenvalue weighted by molar-refractivity contribution is 9.09. The molecule has 0 N–H and O–H groups in total. The Bertz CT molecular complexity index is 63.5. The number of alkyl halides is 1. The molecule has 0 bridgehead atoms. The van der Waals surface area contributed by atoms with Gasteiger partial charge in [-0.3, -0.25) is 0 Å². The van der Waals surface area contributed by atoms with Crippen LogP contribution in [0.2, 0.25) is 0 Å². The summed E-state index contributed by atoms with van der Waals surface area (Å²) >= 11 is 3.25. The van der Waals surface area contributed by atoms with Crippen LogP contribution >= 0.6 is 15.9 Å². The Morgan fingerprint density at radius 3 is 2.88 bits per heavy atom. The molecule has 2 heteroatoms. The molecule has 0 aromatic rings. The van der Waals surface area contributed by atoms with Crippen molar-refractivity contribution in [1.82, 2.24) is 0 Å². The van der Waals surface area contributed by atoms with Gasteiger partial charge < -0.3 is 4.74 Å². The molecule has 0 saturated carbocycles. The summed E-state index contributed by atoms with van der Waals surface area (Å²) in [4.78, 5) is 0. The number of hydrogen-bond donors (Lipinski definition) is 0. The van der Waals surface area contributed by atoms with Gasteiger partial charge in [-0.2, -0.15) is 0 Å². The molecule has 0 amide bonds. The van der Waals surface area contributed by atoms with Crippen LogP contribution in [-0.4, -0.2) is 18.0 Å². The van der Waals surface area contributed by atoms with E-state index in [1.165, 1.54) is 0 Å². The number of rotatable bonds is 4. The number of halogens is 1. The zero-order valence-corrected chi connectivity index (χ0v) is 6.65. The second kappa shape index (κ2) is 5.32. The lowest BCUT2D eigenvalue weighted by molar-refractivity contribution is 0.112. The summed E-state index contributed by atoms with van der Waals surface area (Å²) < 4.78 is 5.18. The lowest BCUT2D eigenvalue weighted by Gasteiger charge is -2.04. The first-order valence-electron chi connectivity index (χ1n) is 2.61. The SMILES string of the molecule is C=CC(C)OCCBr. The van der Waals surface area contributed by atoms with Gasteiger partial charge >= 0.3 is 0 Å². The minimum Gasteiger partial charge on any atom is -0.374 e. The van der Waals surface area contributed by atoms with Crippen molar-refractivity contribution < 1.29 is 4.74 Å². The molecular formula is C6H11BrO. The standard InChI is InChI=1S/C6H11BrO/c1-3-6(2)8-5-4-7/h3,6H,1,4-5H2,2H3. The van der Waals surface area contributed by atoms with Gasteiger partial charge in [-0.15, -0.1) is 6.58 Å². The van der Waals surface area contributed by atoms with Crippen molar-refractivity contribution in [2.75, 3.05) is 11.9 Å². The lowest BCUT2D eigenvalue weighted by atomic mass is 10.4. The average Bonchev–Trinajstić information content (AvgIpc) is 1.83. The fraction of sp³-hybridized carbons (Fsp3) is 0.667. The van der Waals surface area contributed by atoms with Crippen LogP contribution in [0.25, 0.3) is 0 Å². The molecule has 0 fully saturated rings. The zero-order valence-electron chi connectivity index (χ0n) is 5.06. The van der Waals surface area contributed by atoms with Crippen LogP contribution in [0.4, 0.5) is 0 Å². The topological polar surface area (TPSA) is 9.23 Å². The Morgan fingerprint density at radius 1 is 1.88 bits per heavy atom. The third-order valence-corrected chi connectivity index (χ3v) is 1.11. The van der Waals surface area contributed by atoms with Crippen molar-refractivity contribution >= 4 is 15.9 Å². The second-order valence-electron chi connectivity index (χ2n) is 1.50. The summed E-state index contributed by atoms with van der Waals surface area (Å²) in [6.45, 7) is 6.30. The Kier molecular flexibility index (Phi) is 5.44. The maximum Gasteiger partial charge on any atom is 0.0725 e. The molecule has 0 heterocycles. The van der Waals surface area contributed by atoms with Gasteiger partial charge in [0.05, 0.1) is 12.7 Å². The van der Waals surface area contributed by atoms with Gasteiger partial charge in [0.1, 0.15) is 0 Å². The summed E-state index contributed by atoms with van der Waals surface area (Å²) in [6, 6.07) is 0. The third-order valence-electron chi connectivity index (χ3n) is 0.790. The second-order valence-corrected chi connectivity index (χ2v) is 2.29. The Labute approximate surface area is 58.9 Å². The molecule has 0 aliphatic rings. The van der Waals surface area contributed by atoms with Crippen LogP contribution in [0.3, 0.4) is 0 Å². The molecule has 8 heavy (non-hydrogen) atoms. The van der Waals surface area contributed by atoms with Crippen molar-refractivity contribution in [3.8, 4) is 0 Å². The van der Waals surface area contributed by atoms with E-state index in [9.17, 15) is 0 Å². The van der Waals surface area contributed by atoms with E-state index in [1.54, 1.807) is 6.08 Å². The molecule has 0 aromatic heterocycles. The van der Waals surface area contributed by atoms with E-state index in [-0.39, 0.29) is 6.10 Å². The molecule has 0 radical (unpaired) electrons. The highest BCUT2D eigenvalue weighted by Gasteiger charge is 1.90. The number of hydrogen-bond acceptors (Lipinski definition) is 1. The predicted octanol–water partition coefficient (Wildman–Crippen LogP) is 1.97. The van der Waals surface area contributed by atoms with E-state index in [4.69, 9.17) is 4.74 Å². The number of ether oxygens (including phenoxy) is 1. The van der Waals surface area contributed by atoms with Crippen molar-refractivity contribution in [3.05, 3.63) is 12.7 Å². The summed E-state index contributed by atoms with van der Waals surface area (Å²) in [6.07, 6.45) is 1.97. The molecule has 1 atom stereocenters. The minimum absolute atomic E-state index is 0.188. The van der Waals surface area contributed by atoms with Crippen LogP contribution in [-0.2, 0) is 4.74 Å². The third kappa shape index (κ3) is 4.34. The van der Waals surface area contributed by atoms with Gasteiger partial charge in [0, 0.05) is 5.33 Å². The molecule has 0 aliphatic heterocycles. The summed E-state index contributed by atoms with van der Waals surface area (Å²) in [5, 5.41) is 0.894. The van der Waals surface area contributed by atoms with E-state index >= 15 is 0 Å². The van der Waals surface area contributed by atoms with Gasteiger partial charge in [0.2, 0.25) is 0 Å². The quantitative estimate of drug-likeness (QED) is 0.473. The van der Waals surface area contributed by atoms with E-state index in [2.05, 4.69) is 22.5 Å². The van der Waals surface area contributed by atoms with Crippen LogP contribution in [0.5, 0.6) is 0 Å². The molecule has 0 aliphatic carbocycles. The van der Waals surface area contributed by atoms with Crippen molar-refractivity contribution in [2.45, 2.75) is 13.0 Å². The normalized spacial score (nSPS) is 13.2. The van der Waals surface area contributed by atoms with Crippen molar-refractivity contribution in [2.24, 2.45) is 0 Å². The Morgan fingerprint density at radius 2 is 2.50 bits per heavy atom. The highest BCUT2D eigenvalue weighted by atomic mass is 79.9. The molecule has 0 spiro atoms. The first-order valence-corrected chi connectivity index (χ1v) is 3.73. The monoisotopic (exact) mass is 178 g/mol. The average molecular weight is 179 g/mol. The van der Waals surface area contributed by atoms with E-state index < -0.39 is 0 Å². The van der Waals surface area contributed by atoms with Crippen LogP contribution in [0.1, 0.15) is 6.92 Å². The largest absolute Gasteiger partial charge is 0.374 e. The van der Waals surface area contributed by atoms with Gasteiger partial charge in [0.15, 0.2) is 0 Å². The van der Waals surface area contributed by atoms with Crippen LogP contribution in [0.15, 0.2) is 12.7 Å². The maximum absolute atomic E-state index is 5.18. The van der Waals surface area contributed by atoms with E-state index in [0.29, 0.717) is 0 Å². The maximum atomic E-state index is 5.18. The smallest absolute Gasteiger partial charge is 0.0725 e. The molecule has 0 saturated heterocycles. The van der Waals surface area contributed by atoms with E-state index in [1.807, 2.05) is 6.92 Å². The van der Waals surface area contributed by atoms with Gasteiger partial charge in [-0.05, 0) is 6.92 Å². The zero-order chi connectivity index (χ0) is 6.41. The van der Waals surface area contributed by atoms with Crippen LogP contribution < -0.4 is 0 Å². The fourth-order valence-electron chi connectivity index (χ4n) is 0.298. The van der Waals surface area contributed by atoms with Crippen LogP contribution in [0, 0.1) is 0 Å². The summed E-state index contributed by atoms with van der Waals surface area (Å²) in [5.74, 6) is 0. The fourth-order valence-corrected chi connectivity index (χ4v) is 0.485. The van der Waals surface area contributed by atoms with Crippen molar-refractivity contribution in [3.63, 3.8) is 0 Å². The Hall–Kier alpha value is 0.180. The molecule has 0 aromatic carbocycles. The van der Waals surface area contributed by atoms with E-state index in [0.717, 1.165) is 11.9 Å². The first kappa shape index (κ1) is 8.18. The minimum atomic E-state index is 0.188. The summed E-state index contributed by atoms with van der Waals surface area (Å²) in [7, 11) is 0. The predicted molar refractivity (Wildman–Crippen MR) is 39.4 cm³/mol. The molecule has 48 valence electrons. The van der Waals surface area contributed by atoms with Gasteiger partial charge in [-0.25, -0.2) is 0 Å². The summed E-state index contributed by atoms with van der Waals surface area (Å²) in [5.41, 5.74) is 0. The lowest BCUT2D eigenvalue weighted by Crippen LogP contribution is -2.05. The molecular weight excluding hydrogens is 168 g/mol. The molecule has 0 rings (SSSR count). The highest BCUT2D eigenvalue weighted by Crippen LogP contribution is 1.91. The van der Waals surface area contributed by atoms with Crippen molar-refractivity contribution in [1.29, 1.82) is 0 Å². The van der Waals surface area contributed by atoms with Gasteiger partial charge in [0.25, 0.3) is 0 Å². The van der Waals surface area contributed by atoms with Gasteiger partial charge in [-0.1, -0.05) is 22.0 Å². The first-order chi connectivity index (χ1) is 3.81. The molecule has 1 nitrogen and oxygen atoms in total. The molecule has 1 unspecified atom stereocenters.